The minimum atomic E-state index is -4.45. The summed E-state index contributed by atoms with van der Waals surface area (Å²) in [5, 5.41) is 17.7. The molecule has 176 valence electrons. The SMILES string of the molecule is CC(Nc1nc(=NC2CC2)n2nc/c(=C\c3[nH]c(=O)[nH]c3O)c2n1)c1cccc(C(F)(F)F)c1. The molecule has 4 aromatic rings. The van der Waals surface area contributed by atoms with Gasteiger partial charge in [-0.25, -0.2) is 9.79 Å². The molecular weight excluding hydrogens is 453 g/mol. The molecule has 1 atom stereocenters. The van der Waals surface area contributed by atoms with E-state index in [9.17, 15) is 23.1 Å². The van der Waals surface area contributed by atoms with Crippen molar-refractivity contribution in [1.82, 2.24) is 29.5 Å². The van der Waals surface area contributed by atoms with Gasteiger partial charge in [0.15, 0.2) is 5.65 Å². The van der Waals surface area contributed by atoms with E-state index in [0.717, 1.165) is 25.0 Å². The Kier molecular flexibility index (Phi) is 5.10. The Labute approximate surface area is 188 Å². The van der Waals surface area contributed by atoms with Gasteiger partial charge in [-0.05, 0) is 43.5 Å². The van der Waals surface area contributed by atoms with E-state index >= 15 is 0 Å². The summed E-state index contributed by atoms with van der Waals surface area (Å²) >= 11 is 0. The summed E-state index contributed by atoms with van der Waals surface area (Å²) in [6.07, 6.45) is 0.375. The Hall–Kier alpha value is -4.16. The first-order valence-electron chi connectivity index (χ1n) is 10.4. The number of rotatable bonds is 5. The number of alkyl halides is 3. The number of nitrogens with zero attached hydrogens (tertiary/aromatic N) is 5. The second-order valence-electron chi connectivity index (χ2n) is 8.02. The molecule has 1 aliphatic carbocycles. The fourth-order valence-corrected chi connectivity index (χ4v) is 3.41. The van der Waals surface area contributed by atoms with E-state index in [1.54, 1.807) is 13.0 Å². The van der Waals surface area contributed by atoms with E-state index in [1.807, 2.05) is 0 Å². The highest BCUT2D eigenvalue weighted by Crippen LogP contribution is 2.31. The third-order valence-corrected chi connectivity index (χ3v) is 5.32. The van der Waals surface area contributed by atoms with Crippen molar-refractivity contribution in [3.63, 3.8) is 0 Å². The first-order valence-corrected chi connectivity index (χ1v) is 10.4. The monoisotopic (exact) mass is 472 g/mol. The van der Waals surface area contributed by atoms with Crippen LogP contribution in [0.3, 0.4) is 0 Å². The molecule has 0 aliphatic heterocycles. The molecule has 5 rings (SSSR count). The number of nitrogens with one attached hydrogen (secondary N) is 3. The van der Waals surface area contributed by atoms with Crippen molar-refractivity contribution < 1.29 is 18.3 Å². The zero-order valence-electron chi connectivity index (χ0n) is 17.8. The van der Waals surface area contributed by atoms with Crippen LogP contribution in [0, 0.1) is 0 Å². The van der Waals surface area contributed by atoms with Gasteiger partial charge < -0.3 is 15.4 Å². The van der Waals surface area contributed by atoms with Crippen LogP contribution in [0.1, 0.15) is 42.6 Å². The lowest BCUT2D eigenvalue weighted by atomic mass is 10.1. The topological polar surface area (TPSA) is 136 Å². The quantitative estimate of drug-likeness (QED) is 0.349. The van der Waals surface area contributed by atoms with Gasteiger partial charge in [0.2, 0.25) is 11.8 Å². The largest absolute Gasteiger partial charge is 0.493 e. The molecule has 0 saturated heterocycles. The van der Waals surface area contributed by atoms with Crippen LogP contribution in [0.4, 0.5) is 19.1 Å². The average molecular weight is 472 g/mol. The second-order valence-corrected chi connectivity index (χ2v) is 8.02. The van der Waals surface area contributed by atoms with Crippen LogP contribution in [0.25, 0.3) is 11.7 Å². The van der Waals surface area contributed by atoms with Crippen molar-refractivity contribution in [3.8, 4) is 5.88 Å². The summed E-state index contributed by atoms with van der Waals surface area (Å²) in [4.78, 5) is 29.6. The number of hydrogen-bond acceptors (Lipinski definition) is 7. The highest BCUT2D eigenvalue weighted by molar-refractivity contribution is 5.57. The number of hydrogen-bond donors (Lipinski definition) is 4. The average Bonchev–Trinajstić information content (AvgIpc) is 3.42. The first kappa shape index (κ1) is 21.7. The van der Waals surface area contributed by atoms with Crippen molar-refractivity contribution in [2.24, 2.45) is 4.99 Å². The van der Waals surface area contributed by atoms with Crippen LogP contribution in [0.15, 0.2) is 40.2 Å². The molecule has 0 spiro atoms. The lowest BCUT2D eigenvalue weighted by molar-refractivity contribution is -0.137. The molecule has 3 heterocycles. The smallest absolute Gasteiger partial charge is 0.416 e. The predicted molar refractivity (Wildman–Crippen MR) is 115 cm³/mol. The minimum absolute atomic E-state index is 0.119. The summed E-state index contributed by atoms with van der Waals surface area (Å²) < 4.78 is 40.8. The number of imidazole rings is 1. The van der Waals surface area contributed by atoms with Crippen molar-refractivity contribution in [1.29, 1.82) is 0 Å². The van der Waals surface area contributed by atoms with Crippen molar-refractivity contribution in [2.75, 3.05) is 5.32 Å². The number of benzene rings is 1. The maximum Gasteiger partial charge on any atom is 0.416 e. The number of anilines is 1. The third kappa shape index (κ3) is 4.36. The maximum atomic E-state index is 13.1. The second kappa shape index (κ2) is 8.01. The van der Waals surface area contributed by atoms with Gasteiger partial charge >= 0.3 is 11.9 Å². The van der Waals surface area contributed by atoms with E-state index < -0.39 is 23.5 Å². The van der Waals surface area contributed by atoms with Gasteiger partial charge in [0, 0.05) is 5.22 Å². The predicted octanol–water partition coefficient (Wildman–Crippen LogP) is 1.65. The van der Waals surface area contributed by atoms with Crippen molar-refractivity contribution in [3.05, 3.63) is 68.6 Å². The Balaban J connectivity index is 1.58. The number of fused-ring (bicyclic) bond motifs is 1. The normalized spacial score (nSPS) is 16.4. The van der Waals surface area contributed by atoms with Crippen LogP contribution in [-0.2, 0) is 6.18 Å². The van der Waals surface area contributed by atoms with E-state index in [1.165, 1.54) is 22.9 Å². The summed E-state index contributed by atoms with van der Waals surface area (Å²) in [7, 11) is 0. The van der Waals surface area contributed by atoms with Crippen LogP contribution in [-0.4, -0.2) is 40.7 Å². The zero-order valence-corrected chi connectivity index (χ0v) is 17.8. The molecule has 1 aliphatic rings. The van der Waals surface area contributed by atoms with E-state index in [2.05, 4.69) is 35.3 Å². The molecule has 0 radical (unpaired) electrons. The fourth-order valence-electron chi connectivity index (χ4n) is 3.41. The Bertz CT molecular complexity index is 1550. The summed E-state index contributed by atoms with van der Waals surface area (Å²) in [6.45, 7) is 1.70. The van der Waals surface area contributed by atoms with E-state index in [4.69, 9.17) is 0 Å². The molecule has 3 aromatic heterocycles. The number of aromatic amines is 2. The molecule has 0 bridgehead atoms. The molecule has 4 N–H and O–H groups in total. The Morgan fingerprint density at radius 3 is 2.76 bits per heavy atom. The van der Waals surface area contributed by atoms with Gasteiger partial charge in [0.25, 0.3) is 5.62 Å². The van der Waals surface area contributed by atoms with Gasteiger partial charge in [-0.2, -0.15) is 32.8 Å². The molecular formula is C21H19F3N8O2. The van der Waals surface area contributed by atoms with Crippen molar-refractivity contribution in [2.45, 2.75) is 38.0 Å². The summed E-state index contributed by atoms with van der Waals surface area (Å²) in [6, 6.07) is 4.61. The molecule has 13 heteroatoms. The van der Waals surface area contributed by atoms with E-state index in [-0.39, 0.29) is 29.2 Å². The van der Waals surface area contributed by atoms with Gasteiger partial charge in [-0.15, -0.1) is 0 Å². The zero-order chi connectivity index (χ0) is 24.0. The van der Waals surface area contributed by atoms with Gasteiger partial charge in [-0.3, -0.25) is 4.98 Å². The van der Waals surface area contributed by atoms with Gasteiger partial charge in [0.1, 0.15) is 5.69 Å². The molecule has 1 aromatic carbocycles. The highest BCUT2D eigenvalue weighted by Gasteiger charge is 2.30. The lowest BCUT2D eigenvalue weighted by Crippen LogP contribution is -2.25. The van der Waals surface area contributed by atoms with Crippen LogP contribution in [0.2, 0.25) is 0 Å². The minimum Gasteiger partial charge on any atom is -0.493 e. The van der Waals surface area contributed by atoms with Crippen LogP contribution < -0.4 is 21.8 Å². The van der Waals surface area contributed by atoms with Crippen molar-refractivity contribution >= 4 is 17.7 Å². The standard InChI is InChI=1S/C21H19F3N8O2/c1-10(11-3-2-4-13(7-11)21(22,23)24)26-18-29-16-12(8-15-17(33)30-20(34)28-15)9-25-32(16)19(31-18)27-14-5-6-14/h2-4,7-10,14,33H,5-6H2,1H3,(H,26,27,31)(H2,28,30,34)/b12-8+. The molecule has 34 heavy (non-hydrogen) atoms. The highest BCUT2D eigenvalue weighted by atomic mass is 19.4. The molecule has 1 unspecified atom stereocenters. The van der Waals surface area contributed by atoms with Gasteiger partial charge in [-0.1, -0.05) is 12.1 Å². The lowest BCUT2D eigenvalue weighted by Gasteiger charge is -2.16. The number of halogens is 3. The fraction of sp³-hybridized carbons (Fsp3) is 0.286. The first-order chi connectivity index (χ1) is 16.2. The number of aromatic hydroxyl groups is 1. The molecule has 10 nitrogen and oxygen atoms in total. The third-order valence-electron chi connectivity index (χ3n) is 5.32. The van der Waals surface area contributed by atoms with Crippen LogP contribution in [0.5, 0.6) is 5.88 Å². The molecule has 1 saturated carbocycles. The van der Waals surface area contributed by atoms with Gasteiger partial charge in [0.05, 0.1) is 23.8 Å². The molecule has 0 amide bonds. The Morgan fingerprint density at radius 2 is 2.09 bits per heavy atom. The molecule has 1 fully saturated rings. The number of aromatic nitrogens is 6. The maximum absolute atomic E-state index is 13.1. The summed E-state index contributed by atoms with van der Waals surface area (Å²) in [5.74, 6) is -0.184. The van der Waals surface area contributed by atoms with E-state index in [0.29, 0.717) is 16.4 Å². The number of H-pyrrole nitrogens is 2. The summed E-state index contributed by atoms with van der Waals surface area (Å²) in [5.41, 5.74) is -0.128. The Morgan fingerprint density at radius 1 is 1.29 bits per heavy atom. The van der Waals surface area contributed by atoms with Crippen LogP contribution >= 0.6 is 0 Å².